The molecule has 1 fully saturated rings. The summed E-state index contributed by atoms with van der Waals surface area (Å²) in [6.07, 6.45) is 13.2. The van der Waals surface area contributed by atoms with E-state index in [0.717, 1.165) is 12.2 Å². The summed E-state index contributed by atoms with van der Waals surface area (Å²) in [5.74, 6) is 0. The molecule has 0 spiro atoms. The molecular formula is C17H26N4. The monoisotopic (exact) mass is 286 g/mol. The molecule has 21 heavy (non-hydrogen) atoms. The van der Waals surface area contributed by atoms with Gasteiger partial charge in [-0.1, -0.05) is 19.3 Å². The number of nitrogens with one attached hydrogen (secondary N) is 1. The van der Waals surface area contributed by atoms with E-state index < -0.39 is 0 Å². The fourth-order valence-electron chi connectivity index (χ4n) is 3.18. The van der Waals surface area contributed by atoms with Crippen LogP contribution in [0.2, 0.25) is 0 Å². The van der Waals surface area contributed by atoms with E-state index in [9.17, 15) is 0 Å². The Bertz CT molecular complexity index is 563. The molecule has 1 N–H and O–H groups in total. The Labute approximate surface area is 127 Å². The summed E-state index contributed by atoms with van der Waals surface area (Å²) in [4.78, 5) is 0. The smallest absolute Gasteiger partial charge is 0.0821 e. The van der Waals surface area contributed by atoms with E-state index >= 15 is 0 Å². The first-order chi connectivity index (χ1) is 10.3. The molecule has 1 aliphatic rings. The summed E-state index contributed by atoms with van der Waals surface area (Å²) in [5, 5.41) is 8.06. The minimum Gasteiger partial charge on any atom is -0.348 e. The molecule has 4 nitrogen and oxygen atoms in total. The highest BCUT2D eigenvalue weighted by Crippen LogP contribution is 2.27. The molecule has 0 bridgehead atoms. The Morgan fingerprint density at radius 1 is 1.24 bits per heavy atom. The summed E-state index contributed by atoms with van der Waals surface area (Å²) in [7, 11) is 1.99. The Balaban J connectivity index is 1.65. The van der Waals surface area contributed by atoms with Gasteiger partial charge in [-0.2, -0.15) is 5.10 Å². The van der Waals surface area contributed by atoms with Crippen LogP contribution in [0, 0.1) is 0 Å². The van der Waals surface area contributed by atoms with Crippen molar-refractivity contribution in [2.75, 3.05) is 7.05 Å². The van der Waals surface area contributed by atoms with Crippen LogP contribution in [0.15, 0.2) is 30.7 Å². The van der Waals surface area contributed by atoms with Crippen molar-refractivity contribution in [3.05, 3.63) is 42.0 Å². The molecule has 4 heteroatoms. The first-order valence-electron chi connectivity index (χ1n) is 8.13. The van der Waals surface area contributed by atoms with Gasteiger partial charge >= 0.3 is 0 Å². The second-order valence-electron chi connectivity index (χ2n) is 6.21. The molecule has 3 rings (SSSR count). The lowest BCUT2D eigenvalue weighted by Gasteiger charge is -2.21. The number of rotatable bonds is 5. The van der Waals surface area contributed by atoms with Gasteiger partial charge in [-0.25, -0.2) is 0 Å². The first-order valence-corrected chi connectivity index (χ1v) is 8.13. The zero-order valence-electron chi connectivity index (χ0n) is 13.1. The van der Waals surface area contributed by atoms with Gasteiger partial charge in [0.2, 0.25) is 0 Å². The van der Waals surface area contributed by atoms with Crippen molar-refractivity contribution >= 4 is 0 Å². The average molecular weight is 286 g/mol. The molecule has 0 radical (unpaired) electrons. The highest BCUT2D eigenvalue weighted by atomic mass is 15.3. The maximum Gasteiger partial charge on any atom is 0.0821 e. The third-order valence-corrected chi connectivity index (χ3v) is 4.66. The molecule has 1 unspecified atom stereocenters. The Morgan fingerprint density at radius 2 is 2.05 bits per heavy atom. The molecule has 114 valence electrons. The van der Waals surface area contributed by atoms with Crippen molar-refractivity contribution in [3.63, 3.8) is 0 Å². The lowest BCUT2D eigenvalue weighted by atomic mass is 9.96. The number of aromatic nitrogens is 3. The predicted octanol–water partition coefficient (Wildman–Crippen LogP) is 3.52. The van der Waals surface area contributed by atoms with Crippen LogP contribution in [0.1, 0.15) is 62.4 Å². The topological polar surface area (TPSA) is 34.8 Å². The molecule has 0 saturated heterocycles. The van der Waals surface area contributed by atoms with Crippen LogP contribution >= 0.6 is 0 Å². The van der Waals surface area contributed by atoms with E-state index in [1.807, 2.05) is 7.05 Å². The fourth-order valence-corrected chi connectivity index (χ4v) is 3.18. The number of hydrogen-bond acceptors (Lipinski definition) is 2. The predicted molar refractivity (Wildman–Crippen MR) is 85.4 cm³/mol. The molecule has 1 aliphatic carbocycles. The van der Waals surface area contributed by atoms with Crippen molar-refractivity contribution in [1.82, 2.24) is 19.7 Å². The molecular weight excluding hydrogens is 260 g/mol. The number of nitrogens with zero attached hydrogens (tertiary/aromatic N) is 3. The Hall–Kier alpha value is -1.55. The van der Waals surface area contributed by atoms with Crippen molar-refractivity contribution in [3.8, 4) is 0 Å². The SMILES string of the molecule is CNC(C)c1ccn(Cc2ccn(C3CCCCC3)n2)c1. The number of hydrogen-bond donors (Lipinski definition) is 1. The van der Waals surface area contributed by atoms with Crippen LogP contribution in [0.4, 0.5) is 0 Å². The lowest BCUT2D eigenvalue weighted by molar-refractivity contribution is 0.328. The van der Waals surface area contributed by atoms with Crippen molar-refractivity contribution < 1.29 is 0 Å². The highest BCUT2D eigenvalue weighted by Gasteiger charge is 2.16. The van der Waals surface area contributed by atoms with Gasteiger partial charge in [0.15, 0.2) is 0 Å². The molecule has 1 saturated carbocycles. The summed E-state index contributed by atoms with van der Waals surface area (Å²) in [5.41, 5.74) is 2.48. The molecule has 2 heterocycles. The van der Waals surface area contributed by atoms with E-state index in [4.69, 9.17) is 5.10 Å². The third kappa shape index (κ3) is 3.38. The van der Waals surface area contributed by atoms with Crippen LogP contribution in [-0.2, 0) is 6.54 Å². The zero-order chi connectivity index (χ0) is 14.7. The second-order valence-corrected chi connectivity index (χ2v) is 6.21. The zero-order valence-corrected chi connectivity index (χ0v) is 13.1. The highest BCUT2D eigenvalue weighted by molar-refractivity contribution is 5.15. The molecule has 2 aromatic heterocycles. The van der Waals surface area contributed by atoms with E-state index in [1.54, 1.807) is 0 Å². The van der Waals surface area contributed by atoms with E-state index in [1.165, 1.54) is 37.7 Å². The van der Waals surface area contributed by atoms with E-state index in [2.05, 4.69) is 52.2 Å². The van der Waals surface area contributed by atoms with Gasteiger partial charge in [-0.05, 0) is 44.5 Å². The van der Waals surface area contributed by atoms with E-state index in [-0.39, 0.29) is 0 Å². The third-order valence-electron chi connectivity index (χ3n) is 4.66. The molecule has 0 aromatic carbocycles. The van der Waals surface area contributed by atoms with E-state index in [0.29, 0.717) is 12.1 Å². The first kappa shape index (κ1) is 14.4. The maximum absolute atomic E-state index is 4.78. The summed E-state index contributed by atoms with van der Waals surface area (Å²) in [6, 6.07) is 5.36. The Morgan fingerprint density at radius 3 is 2.81 bits per heavy atom. The van der Waals surface area contributed by atoms with Crippen LogP contribution < -0.4 is 5.32 Å². The lowest BCUT2D eigenvalue weighted by Crippen LogP contribution is -2.13. The van der Waals surface area contributed by atoms with Crippen molar-refractivity contribution in [2.45, 2.75) is 57.7 Å². The second kappa shape index (κ2) is 6.48. The van der Waals surface area contributed by atoms with Gasteiger partial charge in [0.25, 0.3) is 0 Å². The summed E-state index contributed by atoms with van der Waals surface area (Å²) in [6.45, 7) is 3.04. The van der Waals surface area contributed by atoms with Crippen LogP contribution in [0.3, 0.4) is 0 Å². The van der Waals surface area contributed by atoms with Gasteiger partial charge in [0, 0.05) is 24.6 Å². The minimum absolute atomic E-state index is 0.394. The molecule has 0 amide bonds. The summed E-state index contributed by atoms with van der Waals surface area (Å²) >= 11 is 0. The van der Waals surface area contributed by atoms with Crippen molar-refractivity contribution in [1.29, 1.82) is 0 Å². The Kier molecular flexibility index (Phi) is 4.44. The largest absolute Gasteiger partial charge is 0.348 e. The fraction of sp³-hybridized carbons (Fsp3) is 0.588. The van der Waals surface area contributed by atoms with Gasteiger partial charge < -0.3 is 9.88 Å². The van der Waals surface area contributed by atoms with Gasteiger partial charge in [-0.3, -0.25) is 4.68 Å². The molecule has 2 aromatic rings. The van der Waals surface area contributed by atoms with Crippen LogP contribution in [0.25, 0.3) is 0 Å². The van der Waals surface area contributed by atoms with Gasteiger partial charge in [0.1, 0.15) is 0 Å². The normalized spacial score (nSPS) is 18.0. The molecule has 1 atom stereocenters. The maximum atomic E-state index is 4.78. The van der Waals surface area contributed by atoms with Crippen LogP contribution in [-0.4, -0.2) is 21.4 Å². The standard InChI is InChI=1S/C17H26N4/c1-14(18-2)15-8-10-20(12-15)13-16-9-11-21(19-16)17-6-4-3-5-7-17/h8-12,14,17-18H,3-7,13H2,1-2H3. The summed E-state index contributed by atoms with van der Waals surface area (Å²) < 4.78 is 4.41. The van der Waals surface area contributed by atoms with Crippen LogP contribution in [0.5, 0.6) is 0 Å². The average Bonchev–Trinajstić information content (AvgIpc) is 3.17. The van der Waals surface area contributed by atoms with Crippen molar-refractivity contribution in [2.24, 2.45) is 0 Å². The quantitative estimate of drug-likeness (QED) is 0.912. The minimum atomic E-state index is 0.394. The van der Waals surface area contributed by atoms with Gasteiger partial charge in [-0.15, -0.1) is 0 Å². The van der Waals surface area contributed by atoms with Gasteiger partial charge in [0.05, 0.1) is 18.3 Å². The molecule has 0 aliphatic heterocycles.